The third-order valence-electron chi connectivity index (χ3n) is 6.61. The number of hydrogen-bond acceptors (Lipinski definition) is 5. The number of fused-ring (bicyclic) bond motifs is 1. The molecule has 9 heteroatoms. The van der Waals surface area contributed by atoms with E-state index in [9.17, 15) is 9.59 Å². The number of rotatable bonds is 9. The first-order valence-corrected chi connectivity index (χ1v) is 13.0. The first-order valence-electron chi connectivity index (χ1n) is 12.6. The fourth-order valence-corrected chi connectivity index (χ4v) is 4.69. The quantitative estimate of drug-likeness (QED) is 0.251. The highest BCUT2D eigenvalue weighted by atomic mass is 35.5. The molecule has 0 aliphatic carbocycles. The van der Waals surface area contributed by atoms with Crippen LogP contribution in [0, 0.1) is 6.92 Å². The molecule has 0 radical (unpaired) electrons. The van der Waals surface area contributed by atoms with Gasteiger partial charge in [0.2, 0.25) is 0 Å². The predicted octanol–water partition coefficient (Wildman–Crippen LogP) is 4.73. The molecule has 5 rings (SSSR count). The number of halogens is 1. The minimum atomic E-state index is -0.446. The molecular weight excluding hydrogens is 516 g/mol. The summed E-state index contributed by atoms with van der Waals surface area (Å²) in [4.78, 5) is 31.8. The normalized spacial score (nSPS) is 11.4. The van der Waals surface area contributed by atoms with Crippen molar-refractivity contribution >= 4 is 22.8 Å². The summed E-state index contributed by atoms with van der Waals surface area (Å²) in [6.07, 6.45) is 0. The second kappa shape index (κ2) is 11.4. The standard InChI is InChI=1S/C30H29ClN4O4/c1-20-8-14-23(15-9-20)35-26-28(32-27(35)24-6-4-5-7-25(24)31)34(30(37)33(2)29(26)36)18-21-10-12-22(13-11-21)19-39-17-16-38-3/h4-15H,16-19H2,1-3H3. The van der Waals surface area contributed by atoms with E-state index in [4.69, 9.17) is 26.1 Å². The molecule has 200 valence electrons. The second-order valence-electron chi connectivity index (χ2n) is 9.35. The number of ether oxygens (including phenoxy) is 2. The Bertz CT molecular complexity index is 1740. The van der Waals surface area contributed by atoms with Crippen LogP contribution in [0.4, 0.5) is 0 Å². The highest BCUT2D eigenvalue weighted by molar-refractivity contribution is 6.33. The van der Waals surface area contributed by atoms with Crippen LogP contribution in [0.3, 0.4) is 0 Å². The van der Waals surface area contributed by atoms with E-state index in [2.05, 4.69) is 0 Å². The number of hydrogen-bond donors (Lipinski definition) is 0. The van der Waals surface area contributed by atoms with Crippen LogP contribution in [-0.2, 0) is 29.7 Å². The number of aromatic nitrogens is 4. The summed E-state index contributed by atoms with van der Waals surface area (Å²) in [5.41, 5.74) is 4.12. The van der Waals surface area contributed by atoms with E-state index in [1.54, 1.807) is 17.7 Å². The van der Waals surface area contributed by atoms with E-state index in [-0.39, 0.29) is 6.54 Å². The lowest BCUT2D eigenvalue weighted by atomic mass is 10.1. The zero-order chi connectivity index (χ0) is 27.5. The Morgan fingerprint density at radius 1 is 0.897 bits per heavy atom. The highest BCUT2D eigenvalue weighted by Gasteiger charge is 2.23. The van der Waals surface area contributed by atoms with Crippen molar-refractivity contribution in [2.24, 2.45) is 7.05 Å². The largest absolute Gasteiger partial charge is 0.382 e. The fraction of sp³-hybridized carbons (Fsp3) is 0.233. The second-order valence-corrected chi connectivity index (χ2v) is 9.76. The molecule has 5 aromatic rings. The Kier molecular flexibility index (Phi) is 7.79. The average Bonchev–Trinajstić information content (AvgIpc) is 3.34. The van der Waals surface area contributed by atoms with Crippen LogP contribution < -0.4 is 11.2 Å². The van der Waals surface area contributed by atoms with Crippen molar-refractivity contribution in [3.63, 3.8) is 0 Å². The summed E-state index contributed by atoms with van der Waals surface area (Å²) in [5.74, 6) is 0.486. The number of aryl methyl sites for hydroxylation is 1. The topological polar surface area (TPSA) is 80.3 Å². The minimum absolute atomic E-state index is 0.237. The molecule has 0 aliphatic rings. The molecule has 0 fully saturated rings. The first-order chi connectivity index (χ1) is 18.9. The molecule has 0 atom stereocenters. The van der Waals surface area contributed by atoms with Crippen LogP contribution in [0.2, 0.25) is 5.02 Å². The van der Waals surface area contributed by atoms with E-state index in [0.29, 0.717) is 47.4 Å². The molecule has 0 unspecified atom stereocenters. The molecule has 0 spiro atoms. The monoisotopic (exact) mass is 544 g/mol. The molecule has 39 heavy (non-hydrogen) atoms. The van der Waals surface area contributed by atoms with Crippen molar-refractivity contribution in [1.82, 2.24) is 18.7 Å². The smallest absolute Gasteiger partial charge is 0.332 e. The van der Waals surface area contributed by atoms with Crippen LogP contribution >= 0.6 is 11.6 Å². The van der Waals surface area contributed by atoms with Gasteiger partial charge in [-0.3, -0.25) is 18.5 Å². The van der Waals surface area contributed by atoms with Gasteiger partial charge in [-0.05, 0) is 42.3 Å². The Morgan fingerprint density at radius 2 is 1.59 bits per heavy atom. The predicted molar refractivity (Wildman–Crippen MR) is 153 cm³/mol. The molecule has 0 saturated carbocycles. The van der Waals surface area contributed by atoms with Crippen LogP contribution in [0.25, 0.3) is 28.2 Å². The first kappa shape index (κ1) is 26.6. The van der Waals surface area contributed by atoms with Gasteiger partial charge in [0.15, 0.2) is 11.2 Å². The zero-order valence-electron chi connectivity index (χ0n) is 22.1. The van der Waals surface area contributed by atoms with Crippen LogP contribution in [-0.4, -0.2) is 39.0 Å². The van der Waals surface area contributed by atoms with E-state index in [1.807, 2.05) is 73.7 Å². The SMILES string of the molecule is COCCOCc1ccc(Cn2c(=O)n(C)c(=O)c3c2nc(-c2ccccc2Cl)n3-c2ccc(C)cc2)cc1. The van der Waals surface area contributed by atoms with Gasteiger partial charge in [-0.15, -0.1) is 0 Å². The molecule has 0 N–H and O–H groups in total. The van der Waals surface area contributed by atoms with E-state index in [0.717, 1.165) is 26.9 Å². The summed E-state index contributed by atoms with van der Waals surface area (Å²) in [6, 6.07) is 23.0. The summed E-state index contributed by atoms with van der Waals surface area (Å²) in [7, 11) is 3.13. The maximum absolute atomic E-state index is 13.6. The van der Waals surface area contributed by atoms with Gasteiger partial charge in [-0.1, -0.05) is 65.7 Å². The zero-order valence-corrected chi connectivity index (χ0v) is 22.8. The maximum Gasteiger partial charge on any atom is 0.332 e. The van der Waals surface area contributed by atoms with Gasteiger partial charge in [-0.2, -0.15) is 0 Å². The summed E-state index contributed by atoms with van der Waals surface area (Å²) >= 11 is 6.59. The summed E-state index contributed by atoms with van der Waals surface area (Å²) < 4.78 is 15.1. The molecule has 0 aliphatic heterocycles. The van der Waals surface area contributed by atoms with Crippen LogP contribution in [0.15, 0.2) is 82.4 Å². The van der Waals surface area contributed by atoms with Gasteiger partial charge in [0.25, 0.3) is 5.56 Å². The van der Waals surface area contributed by atoms with Crippen molar-refractivity contribution in [2.45, 2.75) is 20.1 Å². The van der Waals surface area contributed by atoms with Gasteiger partial charge in [0, 0.05) is 25.4 Å². The van der Waals surface area contributed by atoms with E-state index in [1.165, 1.54) is 11.6 Å². The minimum Gasteiger partial charge on any atom is -0.382 e. The Balaban J connectivity index is 1.66. The van der Waals surface area contributed by atoms with Crippen molar-refractivity contribution in [3.05, 3.63) is 115 Å². The Hall–Kier alpha value is -3.98. The molecular formula is C30H29ClN4O4. The third kappa shape index (κ3) is 5.31. The number of benzene rings is 3. The molecule has 8 nitrogen and oxygen atoms in total. The van der Waals surface area contributed by atoms with Gasteiger partial charge < -0.3 is 9.47 Å². The molecule has 0 saturated heterocycles. The van der Waals surface area contributed by atoms with Gasteiger partial charge in [0.1, 0.15) is 5.82 Å². The van der Waals surface area contributed by atoms with Gasteiger partial charge in [0.05, 0.1) is 31.4 Å². The molecule has 0 amide bonds. The third-order valence-corrected chi connectivity index (χ3v) is 6.94. The highest BCUT2D eigenvalue weighted by Crippen LogP contribution is 2.31. The number of imidazole rings is 1. The van der Waals surface area contributed by atoms with Crippen LogP contribution in [0.5, 0.6) is 0 Å². The Labute approximate surface area is 230 Å². The number of nitrogens with zero attached hydrogens (tertiary/aromatic N) is 4. The van der Waals surface area contributed by atoms with E-state index >= 15 is 0 Å². The fourth-order valence-electron chi connectivity index (χ4n) is 4.47. The van der Waals surface area contributed by atoms with Crippen molar-refractivity contribution < 1.29 is 9.47 Å². The Morgan fingerprint density at radius 3 is 2.28 bits per heavy atom. The van der Waals surface area contributed by atoms with Crippen molar-refractivity contribution in [3.8, 4) is 17.1 Å². The van der Waals surface area contributed by atoms with E-state index < -0.39 is 11.2 Å². The summed E-state index contributed by atoms with van der Waals surface area (Å²) in [6.45, 7) is 3.76. The average molecular weight is 545 g/mol. The number of methoxy groups -OCH3 is 1. The molecule has 2 aromatic heterocycles. The maximum atomic E-state index is 13.6. The lowest BCUT2D eigenvalue weighted by Crippen LogP contribution is -2.39. The lowest BCUT2D eigenvalue weighted by Gasteiger charge is -2.12. The summed E-state index contributed by atoms with van der Waals surface area (Å²) in [5, 5.41) is 0.496. The molecule has 2 heterocycles. The van der Waals surface area contributed by atoms with Crippen molar-refractivity contribution in [2.75, 3.05) is 20.3 Å². The van der Waals surface area contributed by atoms with Crippen LogP contribution in [0.1, 0.15) is 16.7 Å². The van der Waals surface area contributed by atoms with Gasteiger partial charge in [-0.25, -0.2) is 9.78 Å². The molecule has 3 aromatic carbocycles. The molecule has 0 bridgehead atoms. The van der Waals surface area contributed by atoms with Crippen molar-refractivity contribution in [1.29, 1.82) is 0 Å². The van der Waals surface area contributed by atoms with Gasteiger partial charge >= 0.3 is 5.69 Å². The lowest BCUT2D eigenvalue weighted by molar-refractivity contribution is 0.0616.